The Balaban J connectivity index is 2.03. The Labute approximate surface area is 122 Å². The van der Waals surface area contributed by atoms with Gasteiger partial charge in [-0.25, -0.2) is 8.78 Å². The summed E-state index contributed by atoms with van der Waals surface area (Å²) >= 11 is 0. The van der Waals surface area contributed by atoms with Crippen LogP contribution >= 0.6 is 0 Å². The second kappa shape index (κ2) is 6.92. The molecule has 0 aromatic heterocycles. The summed E-state index contributed by atoms with van der Waals surface area (Å²) in [5.74, 6) is -2.14. The molecule has 5 heteroatoms. The number of phenolic OH excluding ortho intramolecular Hbond substituents is 1. The first-order valence-corrected chi connectivity index (χ1v) is 6.73. The Morgan fingerprint density at radius 3 is 2.52 bits per heavy atom. The van der Waals surface area contributed by atoms with E-state index < -0.39 is 17.4 Å². The third-order valence-electron chi connectivity index (χ3n) is 2.88. The van der Waals surface area contributed by atoms with Gasteiger partial charge < -0.3 is 15.2 Å². The molecule has 0 spiro atoms. The van der Waals surface area contributed by atoms with Gasteiger partial charge in [-0.3, -0.25) is 0 Å². The van der Waals surface area contributed by atoms with E-state index in [4.69, 9.17) is 9.84 Å². The molecular formula is C16H17F2NO2. The van der Waals surface area contributed by atoms with Crippen molar-refractivity contribution in [3.8, 4) is 11.5 Å². The Morgan fingerprint density at radius 2 is 1.86 bits per heavy atom. The van der Waals surface area contributed by atoms with Crippen LogP contribution in [-0.4, -0.2) is 11.7 Å². The number of phenols is 1. The summed E-state index contributed by atoms with van der Waals surface area (Å²) in [5, 5.41) is 12.1. The highest BCUT2D eigenvalue weighted by Crippen LogP contribution is 2.23. The number of ether oxygens (including phenoxy) is 1. The molecule has 0 radical (unpaired) electrons. The molecule has 2 rings (SSSR count). The van der Waals surface area contributed by atoms with Gasteiger partial charge in [0.15, 0.2) is 17.4 Å². The SMILES string of the molecule is CCCOc1cccc(NCc2cc(F)c(O)c(F)c2)c1. The highest BCUT2D eigenvalue weighted by molar-refractivity contribution is 5.48. The summed E-state index contributed by atoms with van der Waals surface area (Å²) in [4.78, 5) is 0. The quantitative estimate of drug-likeness (QED) is 0.843. The minimum atomic E-state index is -0.966. The van der Waals surface area contributed by atoms with Crippen molar-refractivity contribution in [2.75, 3.05) is 11.9 Å². The molecule has 0 saturated heterocycles. The molecule has 112 valence electrons. The van der Waals surface area contributed by atoms with E-state index in [2.05, 4.69) is 5.32 Å². The Morgan fingerprint density at radius 1 is 1.14 bits per heavy atom. The van der Waals surface area contributed by atoms with E-state index in [1.165, 1.54) is 0 Å². The van der Waals surface area contributed by atoms with Gasteiger partial charge >= 0.3 is 0 Å². The minimum Gasteiger partial charge on any atom is -0.503 e. The number of nitrogens with one attached hydrogen (secondary N) is 1. The van der Waals surface area contributed by atoms with E-state index in [-0.39, 0.29) is 6.54 Å². The maximum absolute atomic E-state index is 13.2. The molecule has 2 N–H and O–H groups in total. The topological polar surface area (TPSA) is 41.5 Å². The number of rotatable bonds is 6. The molecule has 0 aliphatic carbocycles. The first-order valence-electron chi connectivity index (χ1n) is 6.73. The van der Waals surface area contributed by atoms with Crippen LogP contribution in [0.1, 0.15) is 18.9 Å². The second-order valence-corrected chi connectivity index (χ2v) is 4.64. The fourth-order valence-corrected chi connectivity index (χ4v) is 1.84. The van der Waals surface area contributed by atoms with Crippen molar-refractivity contribution in [2.24, 2.45) is 0 Å². The molecule has 0 fully saturated rings. The highest BCUT2D eigenvalue weighted by Gasteiger charge is 2.09. The van der Waals surface area contributed by atoms with E-state index in [1.54, 1.807) is 0 Å². The van der Waals surface area contributed by atoms with Gasteiger partial charge in [-0.15, -0.1) is 0 Å². The monoisotopic (exact) mass is 293 g/mol. The van der Waals surface area contributed by atoms with Gasteiger partial charge in [0, 0.05) is 18.3 Å². The van der Waals surface area contributed by atoms with Crippen LogP contribution in [0.4, 0.5) is 14.5 Å². The second-order valence-electron chi connectivity index (χ2n) is 4.64. The number of aromatic hydroxyl groups is 1. The maximum Gasteiger partial charge on any atom is 0.187 e. The molecule has 0 atom stereocenters. The fraction of sp³-hybridized carbons (Fsp3) is 0.250. The molecular weight excluding hydrogens is 276 g/mol. The van der Waals surface area contributed by atoms with Crippen LogP contribution in [0.2, 0.25) is 0 Å². The van der Waals surface area contributed by atoms with E-state index in [9.17, 15) is 8.78 Å². The lowest BCUT2D eigenvalue weighted by atomic mass is 10.2. The van der Waals surface area contributed by atoms with Crippen molar-refractivity contribution in [1.82, 2.24) is 0 Å². The number of benzene rings is 2. The average molecular weight is 293 g/mol. The van der Waals surface area contributed by atoms with Gasteiger partial charge in [0.2, 0.25) is 0 Å². The van der Waals surface area contributed by atoms with Crippen molar-refractivity contribution in [3.63, 3.8) is 0 Å². The number of anilines is 1. The summed E-state index contributed by atoms with van der Waals surface area (Å²) in [6.07, 6.45) is 0.920. The molecule has 2 aromatic rings. The first kappa shape index (κ1) is 15.1. The zero-order chi connectivity index (χ0) is 15.2. The van der Waals surface area contributed by atoms with Gasteiger partial charge in [0.05, 0.1) is 6.61 Å². The van der Waals surface area contributed by atoms with Crippen LogP contribution in [0, 0.1) is 11.6 Å². The summed E-state index contributed by atoms with van der Waals surface area (Å²) < 4.78 is 32.0. The van der Waals surface area contributed by atoms with E-state index >= 15 is 0 Å². The molecule has 2 aromatic carbocycles. The Kier molecular flexibility index (Phi) is 4.98. The van der Waals surface area contributed by atoms with Crippen molar-refractivity contribution in [2.45, 2.75) is 19.9 Å². The van der Waals surface area contributed by atoms with Crippen LogP contribution < -0.4 is 10.1 Å². The van der Waals surface area contributed by atoms with Gasteiger partial charge in [0.25, 0.3) is 0 Å². The van der Waals surface area contributed by atoms with Gasteiger partial charge in [-0.2, -0.15) is 0 Å². The first-order chi connectivity index (χ1) is 10.1. The minimum absolute atomic E-state index is 0.241. The van der Waals surface area contributed by atoms with Crippen molar-refractivity contribution in [3.05, 3.63) is 53.6 Å². The van der Waals surface area contributed by atoms with Gasteiger partial charge in [-0.1, -0.05) is 13.0 Å². The van der Waals surface area contributed by atoms with Gasteiger partial charge in [-0.05, 0) is 36.2 Å². The average Bonchev–Trinajstić information content (AvgIpc) is 2.49. The summed E-state index contributed by atoms with van der Waals surface area (Å²) in [5.41, 5.74) is 1.19. The molecule has 0 heterocycles. The predicted molar refractivity (Wildman–Crippen MR) is 77.6 cm³/mol. The van der Waals surface area contributed by atoms with Crippen molar-refractivity contribution < 1.29 is 18.6 Å². The lowest BCUT2D eigenvalue weighted by Crippen LogP contribution is -2.01. The molecule has 3 nitrogen and oxygen atoms in total. The van der Waals surface area contributed by atoms with E-state index in [1.807, 2.05) is 31.2 Å². The molecule has 0 saturated carbocycles. The Hall–Kier alpha value is -2.30. The molecule has 0 aliphatic heterocycles. The third-order valence-corrected chi connectivity index (χ3v) is 2.88. The fourth-order valence-electron chi connectivity index (χ4n) is 1.84. The lowest BCUT2D eigenvalue weighted by Gasteiger charge is -2.10. The van der Waals surface area contributed by atoms with E-state index in [0.29, 0.717) is 12.2 Å². The van der Waals surface area contributed by atoms with Crippen LogP contribution in [0.25, 0.3) is 0 Å². The van der Waals surface area contributed by atoms with Crippen molar-refractivity contribution >= 4 is 5.69 Å². The van der Waals surface area contributed by atoms with Crippen LogP contribution in [0.5, 0.6) is 11.5 Å². The maximum atomic E-state index is 13.2. The molecule has 0 unspecified atom stereocenters. The highest BCUT2D eigenvalue weighted by atomic mass is 19.1. The normalized spacial score (nSPS) is 10.4. The molecule has 0 bridgehead atoms. The van der Waals surface area contributed by atoms with Crippen LogP contribution in [-0.2, 0) is 6.54 Å². The summed E-state index contributed by atoms with van der Waals surface area (Å²) in [7, 11) is 0. The summed E-state index contributed by atoms with van der Waals surface area (Å²) in [6, 6.07) is 9.55. The molecule has 0 aliphatic rings. The molecule has 21 heavy (non-hydrogen) atoms. The number of halogens is 2. The zero-order valence-electron chi connectivity index (χ0n) is 11.7. The standard InChI is InChI=1S/C16H17F2NO2/c1-2-6-21-13-5-3-4-12(9-13)19-10-11-7-14(17)16(20)15(18)8-11/h3-5,7-9,19-20H,2,6,10H2,1H3. The smallest absolute Gasteiger partial charge is 0.187 e. The largest absolute Gasteiger partial charge is 0.503 e. The van der Waals surface area contributed by atoms with E-state index in [0.717, 1.165) is 30.0 Å². The predicted octanol–water partition coefficient (Wildman–Crippen LogP) is 4.07. The number of hydrogen-bond acceptors (Lipinski definition) is 3. The van der Waals surface area contributed by atoms with Crippen molar-refractivity contribution in [1.29, 1.82) is 0 Å². The van der Waals surface area contributed by atoms with Gasteiger partial charge in [0.1, 0.15) is 5.75 Å². The summed E-state index contributed by atoms with van der Waals surface area (Å²) in [6.45, 7) is 2.90. The lowest BCUT2D eigenvalue weighted by molar-refractivity contribution is 0.317. The number of hydrogen-bond donors (Lipinski definition) is 2. The third kappa shape index (κ3) is 4.08. The Bertz CT molecular complexity index is 594. The van der Waals surface area contributed by atoms with Crippen LogP contribution in [0.3, 0.4) is 0 Å². The zero-order valence-corrected chi connectivity index (χ0v) is 11.7. The van der Waals surface area contributed by atoms with Crippen LogP contribution in [0.15, 0.2) is 36.4 Å². The molecule has 0 amide bonds.